The number of benzene rings is 1. The van der Waals surface area contributed by atoms with E-state index in [9.17, 15) is 4.79 Å². The first-order chi connectivity index (χ1) is 10.2. The summed E-state index contributed by atoms with van der Waals surface area (Å²) in [5.41, 5.74) is 1.27. The number of aliphatic hydroxyl groups is 1. The van der Waals surface area contributed by atoms with E-state index in [0.29, 0.717) is 11.1 Å². The zero-order chi connectivity index (χ0) is 15.1. The van der Waals surface area contributed by atoms with Crippen molar-refractivity contribution in [1.29, 1.82) is 0 Å². The van der Waals surface area contributed by atoms with Crippen molar-refractivity contribution in [3.05, 3.63) is 35.4 Å². The number of nitrogens with zero attached hydrogens (tertiary/aromatic N) is 2. The summed E-state index contributed by atoms with van der Waals surface area (Å²) in [5.74, 6) is 5.42. The minimum atomic E-state index is -0.201. The Hall–Kier alpha value is -1.83. The first kappa shape index (κ1) is 15.6. The monoisotopic (exact) mass is 286 g/mol. The molecule has 1 heterocycles. The molecule has 1 N–H and O–H groups in total. The van der Waals surface area contributed by atoms with Crippen LogP contribution in [0, 0.1) is 11.8 Å². The third kappa shape index (κ3) is 4.32. The maximum Gasteiger partial charge on any atom is 0.254 e. The summed E-state index contributed by atoms with van der Waals surface area (Å²) in [6, 6.07) is 7.29. The molecule has 0 aromatic heterocycles. The molecule has 4 nitrogen and oxygen atoms in total. The van der Waals surface area contributed by atoms with E-state index in [1.807, 2.05) is 25.2 Å². The molecule has 2 rings (SSSR count). The molecule has 0 spiro atoms. The van der Waals surface area contributed by atoms with Gasteiger partial charge in [0.25, 0.3) is 5.91 Å². The molecule has 0 atom stereocenters. The van der Waals surface area contributed by atoms with Crippen LogP contribution in [0.2, 0.25) is 0 Å². The number of aliphatic hydroxyl groups excluding tert-OH is 1. The van der Waals surface area contributed by atoms with E-state index in [-0.39, 0.29) is 12.5 Å². The van der Waals surface area contributed by atoms with E-state index in [1.54, 1.807) is 11.0 Å². The highest BCUT2D eigenvalue weighted by atomic mass is 16.2. The molecule has 0 unspecified atom stereocenters. The molecule has 0 bridgehead atoms. The average molecular weight is 286 g/mol. The van der Waals surface area contributed by atoms with Gasteiger partial charge < -0.3 is 14.9 Å². The predicted octanol–water partition coefficient (Wildman–Crippen LogP) is 1.20. The van der Waals surface area contributed by atoms with Gasteiger partial charge in [0.05, 0.1) is 5.56 Å². The quantitative estimate of drug-likeness (QED) is 0.846. The number of likely N-dealkylation sites (N-methyl/N-ethyl adjacent to an activating group) is 1. The van der Waals surface area contributed by atoms with Crippen LogP contribution in [0.15, 0.2) is 24.3 Å². The summed E-state index contributed by atoms with van der Waals surface area (Å²) in [6.45, 7) is 3.72. The minimum Gasteiger partial charge on any atom is -0.384 e. The highest BCUT2D eigenvalue weighted by Crippen LogP contribution is 2.11. The lowest BCUT2D eigenvalue weighted by Gasteiger charge is -2.22. The summed E-state index contributed by atoms with van der Waals surface area (Å²) in [5, 5.41) is 8.80. The number of amides is 1. The molecule has 1 fully saturated rings. The second-order valence-corrected chi connectivity index (χ2v) is 5.28. The molecule has 1 saturated heterocycles. The van der Waals surface area contributed by atoms with E-state index >= 15 is 0 Å². The molecule has 1 aliphatic heterocycles. The normalized spacial score (nSPS) is 14.6. The Balaban J connectivity index is 2.01. The van der Waals surface area contributed by atoms with E-state index in [2.05, 4.69) is 16.7 Å². The zero-order valence-electron chi connectivity index (χ0n) is 12.5. The Morgan fingerprint density at radius 2 is 2.05 bits per heavy atom. The Morgan fingerprint density at radius 3 is 2.76 bits per heavy atom. The zero-order valence-corrected chi connectivity index (χ0v) is 12.5. The van der Waals surface area contributed by atoms with Gasteiger partial charge in [-0.2, -0.15) is 0 Å². The Labute approximate surface area is 126 Å². The Kier molecular flexibility index (Phi) is 5.79. The van der Waals surface area contributed by atoms with Crippen molar-refractivity contribution in [2.24, 2.45) is 0 Å². The van der Waals surface area contributed by atoms with Crippen LogP contribution in [0.4, 0.5) is 0 Å². The van der Waals surface area contributed by atoms with Gasteiger partial charge in [-0.25, -0.2) is 0 Å². The Morgan fingerprint density at radius 1 is 1.33 bits per heavy atom. The van der Waals surface area contributed by atoms with Crippen molar-refractivity contribution in [2.75, 3.05) is 39.8 Å². The molecule has 1 aliphatic rings. The second-order valence-electron chi connectivity index (χ2n) is 5.28. The molecule has 4 heteroatoms. The largest absolute Gasteiger partial charge is 0.384 e. The number of likely N-dealkylation sites (tertiary alicyclic amines) is 1. The summed E-state index contributed by atoms with van der Waals surface area (Å²) in [4.78, 5) is 16.6. The SMILES string of the molecule is CN(CCN1CCCC1)C(=O)c1ccccc1C#CCO. The van der Waals surface area contributed by atoms with Crippen molar-refractivity contribution in [3.8, 4) is 11.8 Å². The molecule has 0 saturated carbocycles. The highest BCUT2D eigenvalue weighted by molar-refractivity contribution is 5.96. The number of carbonyl (C=O) groups excluding carboxylic acids is 1. The smallest absolute Gasteiger partial charge is 0.254 e. The van der Waals surface area contributed by atoms with Crippen LogP contribution >= 0.6 is 0 Å². The van der Waals surface area contributed by atoms with Gasteiger partial charge in [0.2, 0.25) is 0 Å². The van der Waals surface area contributed by atoms with Gasteiger partial charge in [-0.05, 0) is 38.1 Å². The molecule has 1 aromatic rings. The number of hydrogen-bond acceptors (Lipinski definition) is 3. The van der Waals surface area contributed by atoms with Crippen molar-refractivity contribution < 1.29 is 9.90 Å². The lowest BCUT2D eigenvalue weighted by atomic mass is 10.1. The van der Waals surface area contributed by atoms with Crippen LogP contribution in [0.25, 0.3) is 0 Å². The fourth-order valence-electron chi connectivity index (χ4n) is 2.52. The second kappa shape index (κ2) is 7.82. The lowest BCUT2D eigenvalue weighted by molar-refractivity contribution is 0.0782. The van der Waals surface area contributed by atoms with Gasteiger partial charge in [0, 0.05) is 25.7 Å². The average Bonchev–Trinajstić information content (AvgIpc) is 3.03. The first-order valence-electron chi connectivity index (χ1n) is 7.39. The van der Waals surface area contributed by atoms with Crippen LogP contribution in [-0.4, -0.2) is 60.6 Å². The van der Waals surface area contributed by atoms with E-state index in [1.165, 1.54) is 12.8 Å². The van der Waals surface area contributed by atoms with Crippen molar-refractivity contribution in [1.82, 2.24) is 9.80 Å². The fourth-order valence-corrected chi connectivity index (χ4v) is 2.52. The van der Waals surface area contributed by atoms with Gasteiger partial charge >= 0.3 is 0 Å². The molecular weight excluding hydrogens is 264 g/mol. The number of hydrogen-bond donors (Lipinski definition) is 1. The first-order valence-corrected chi connectivity index (χ1v) is 7.39. The Bertz CT molecular complexity index is 539. The van der Waals surface area contributed by atoms with Crippen molar-refractivity contribution in [3.63, 3.8) is 0 Å². The van der Waals surface area contributed by atoms with Crippen LogP contribution in [-0.2, 0) is 0 Å². The summed E-state index contributed by atoms with van der Waals surface area (Å²) in [6.07, 6.45) is 2.52. The van der Waals surface area contributed by atoms with Gasteiger partial charge in [-0.15, -0.1) is 0 Å². The van der Waals surface area contributed by atoms with Crippen molar-refractivity contribution >= 4 is 5.91 Å². The fraction of sp³-hybridized carbons (Fsp3) is 0.471. The lowest BCUT2D eigenvalue weighted by Crippen LogP contribution is -2.35. The van der Waals surface area contributed by atoms with E-state index in [0.717, 1.165) is 26.2 Å². The molecular formula is C17H22N2O2. The van der Waals surface area contributed by atoms with E-state index in [4.69, 9.17) is 5.11 Å². The summed E-state index contributed by atoms with van der Waals surface area (Å²) in [7, 11) is 1.83. The summed E-state index contributed by atoms with van der Waals surface area (Å²) >= 11 is 0. The molecule has 112 valence electrons. The van der Waals surface area contributed by atoms with Gasteiger partial charge in [0.15, 0.2) is 0 Å². The predicted molar refractivity (Wildman–Crippen MR) is 83.0 cm³/mol. The van der Waals surface area contributed by atoms with Crippen molar-refractivity contribution in [2.45, 2.75) is 12.8 Å². The van der Waals surface area contributed by atoms with Gasteiger partial charge in [-0.1, -0.05) is 24.0 Å². The van der Waals surface area contributed by atoms with Crippen LogP contribution < -0.4 is 0 Å². The highest BCUT2D eigenvalue weighted by Gasteiger charge is 2.17. The number of carbonyl (C=O) groups is 1. The molecule has 1 amide bonds. The van der Waals surface area contributed by atoms with Crippen LogP contribution in [0.1, 0.15) is 28.8 Å². The minimum absolute atomic E-state index is 0.0166. The number of rotatable bonds is 4. The van der Waals surface area contributed by atoms with Crippen LogP contribution in [0.5, 0.6) is 0 Å². The maximum absolute atomic E-state index is 12.5. The summed E-state index contributed by atoms with van der Waals surface area (Å²) < 4.78 is 0. The molecule has 0 aliphatic carbocycles. The molecule has 0 radical (unpaired) electrons. The van der Waals surface area contributed by atoms with E-state index < -0.39 is 0 Å². The van der Waals surface area contributed by atoms with Gasteiger partial charge in [0.1, 0.15) is 6.61 Å². The van der Waals surface area contributed by atoms with Gasteiger partial charge in [-0.3, -0.25) is 4.79 Å². The third-order valence-electron chi connectivity index (χ3n) is 3.76. The third-order valence-corrected chi connectivity index (χ3v) is 3.76. The molecule has 21 heavy (non-hydrogen) atoms. The topological polar surface area (TPSA) is 43.8 Å². The molecule has 1 aromatic carbocycles. The van der Waals surface area contributed by atoms with Crippen LogP contribution in [0.3, 0.4) is 0 Å². The standard InChI is InChI=1S/C17H22N2O2/c1-18(12-13-19-10-4-5-11-19)17(21)16-9-3-2-7-15(16)8-6-14-20/h2-3,7,9,20H,4-5,10-14H2,1H3. The maximum atomic E-state index is 12.5.